The van der Waals surface area contributed by atoms with Gasteiger partial charge in [0.1, 0.15) is 0 Å². The molecule has 108 valence electrons. The van der Waals surface area contributed by atoms with Crippen LogP contribution in [0.3, 0.4) is 0 Å². The monoisotopic (exact) mass is 327 g/mol. The molecule has 1 aliphatic rings. The van der Waals surface area contributed by atoms with Crippen LogP contribution in [0, 0.1) is 11.3 Å². The molecule has 1 aromatic heterocycles. The van der Waals surface area contributed by atoms with Crippen molar-refractivity contribution in [3.8, 4) is 0 Å². The lowest BCUT2D eigenvalue weighted by Crippen LogP contribution is -2.31. The van der Waals surface area contributed by atoms with Crippen molar-refractivity contribution in [2.24, 2.45) is 24.1 Å². The van der Waals surface area contributed by atoms with Gasteiger partial charge in [0.2, 0.25) is 0 Å². The zero-order valence-corrected chi connectivity index (χ0v) is 14.0. The Bertz CT molecular complexity index is 441. The van der Waals surface area contributed by atoms with E-state index in [0.29, 0.717) is 5.41 Å². The van der Waals surface area contributed by atoms with Gasteiger partial charge in [-0.15, -0.1) is 0 Å². The van der Waals surface area contributed by atoms with Gasteiger partial charge in [0.05, 0.1) is 15.9 Å². The highest BCUT2D eigenvalue weighted by atomic mass is 79.9. The van der Waals surface area contributed by atoms with Crippen LogP contribution in [-0.4, -0.2) is 16.3 Å². The van der Waals surface area contributed by atoms with Crippen LogP contribution in [-0.2, 0) is 19.9 Å². The van der Waals surface area contributed by atoms with E-state index < -0.39 is 0 Å². The average Bonchev–Trinajstić information content (AvgIpc) is 2.95. The number of halogens is 1. The first-order valence-electron chi connectivity index (χ1n) is 7.45. The number of aromatic nitrogens is 2. The summed E-state index contributed by atoms with van der Waals surface area (Å²) in [6, 6.07) is 0. The highest BCUT2D eigenvalue weighted by molar-refractivity contribution is 9.10. The quantitative estimate of drug-likeness (QED) is 0.900. The van der Waals surface area contributed by atoms with Crippen LogP contribution in [0.5, 0.6) is 0 Å². The van der Waals surface area contributed by atoms with Gasteiger partial charge in [0.15, 0.2) is 0 Å². The Labute approximate surface area is 125 Å². The van der Waals surface area contributed by atoms with Crippen LogP contribution < -0.4 is 5.73 Å². The Balaban J connectivity index is 2.22. The number of hydrogen-bond donors (Lipinski definition) is 1. The predicted molar refractivity (Wildman–Crippen MR) is 83.1 cm³/mol. The molecular weight excluding hydrogens is 302 g/mol. The maximum Gasteiger partial charge on any atom is 0.0766 e. The summed E-state index contributed by atoms with van der Waals surface area (Å²) in [6.07, 6.45) is 7.20. The van der Waals surface area contributed by atoms with Crippen LogP contribution in [0.25, 0.3) is 0 Å². The normalized spacial score (nSPS) is 27.1. The summed E-state index contributed by atoms with van der Waals surface area (Å²) in [5, 5.41) is 4.60. The minimum Gasteiger partial charge on any atom is -0.330 e. The van der Waals surface area contributed by atoms with Crippen molar-refractivity contribution < 1.29 is 0 Å². The smallest absolute Gasteiger partial charge is 0.0766 e. The van der Waals surface area contributed by atoms with Crippen molar-refractivity contribution in [3.05, 3.63) is 15.9 Å². The number of aryl methyl sites for hydroxylation is 2. The van der Waals surface area contributed by atoms with Crippen LogP contribution in [0.4, 0.5) is 0 Å². The van der Waals surface area contributed by atoms with Crippen molar-refractivity contribution in [2.75, 3.05) is 6.54 Å². The van der Waals surface area contributed by atoms with Crippen LogP contribution in [0.2, 0.25) is 0 Å². The maximum absolute atomic E-state index is 6.13. The lowest BCUT2D eigenvalue weighted by molar-refractivity contribution is 0.283. The molecule has 4 heteroatoms. The minimum atomic E-state index is 0.294. The van der Waals surface area contributed by atoms with Gasteiger partial charge in [-0.05, 0) is 65.9 Å². The number of nitrogens with zero attached hydrogens (tertiary/aromatic N) is 2. The zero-order chi connectivity index (χ0) is 14.0. The van der Waals surface area contributed by atoms with E-state index in [-0.39, 0.29) is 0 Å². The second-order valence-electron chi connectivity index (χ2n) is 6.08. The lowest BCUT2D eigenvalue weighted by Gasteiger charge is -2.28. The van der Waals surface area contributed by atoms with Gasteiger partial charge in [-0.25, -0.2) is 0 Å². The van der Waals surface area contributed by atoms with Gasteiger partial charge in [0.25, 0.3) is 0 Å². The molecule has 1 saturated carbocycles. The molecule has 3 nitrogen and oxygen atoms in total. The summed E-state index contributed by atoms with van der Waals surface area (Å²) in [4.78, 5) is 0. The molecule has 0 bridgehead atoms. The molecule has 1 aromatic rings. The van der Waals surface area contributed by atoms with E-state index in [0.717, 1.165) is 31.0 Å². The summed E-state index contributed by atoms with van der Waals surface area (Å²) < 4.78 is 3.24. The van der Waals surface area contributed by atoms with E-state index in [4.69, 9.17) is 5.73 Å². The molecule has 0 spiro atoms. The van der Waals surface area contributed by atoms with Gasteiger partial charge in [0, 0.05) is 7.05 Å². The SMILES string of the molecule is CCc1nn(C)c(CC2(CN)CCC(CC)C2)c1Br. The Morgan fingerprint density at radius 1 is 1.47 bits per heavy atom. The zero-order valence-electron chi connectivity index (χ0n) is 12.4. The Hall–Kier alpha value is -0.350. The molecule has 0 radical (unpaired) electrons. The van der Waals surface area contributed by atoms with Gasteiger partial charge < -0.3 is 5.73 Å². The summed E-state index contributed by atoms with van der Waals surface area (Å²) in [5.74, 6) is 0.862. The predicted octanol–water partition coefficient (Wildman–Crippen LogP) is 3.44. The fraction of sp³-hybridized carbons (Fsp3) is 0.800. The van der Waals surface area contributed by atoms with E-state index in [1.807, 2.05) is 4.68 Å². The van der Waals surface area contributed by atoms with Crippen molar-refractivity contribution >= 4 is 15.9 Å². The topological polar surface area (TPSA) is 43.8 Å². The molecule has 0 aromatic carbocycles. The molecule has 19 heavy (non-hydrogen) atoms. The van der Waals surface area contributed by atoms with Gasteiger partial charge in [-0.3, -0.25) is 4.68 Å². The maximum atomic E-state index is 6.13. The highest BCUT2D eigenvalue weighted by Crippen LogP contribution is 2.45. The first-order chi connectivity index (χ1) is 9.05. The van der Waals surface area contributed by atoms with Gasteiger partial charge in [-0.2, -0.15) is 5.10 Å². The molecule has 1 fully saturated rings. The fourth-order valence-electron chi connectivity index (χ4n) is 3.46. The Morgan fingerprint density at radius 2 is 2.21 bits per heavy atom. The molecule has 2 rings (SSSR count). The van der Waals surface area contributed by atoms with E-state index in [9.17, 15) is 0 Å². The van der Waals surface area contributed by atoms with Crippen LogP contribution in [0.15, 0.2) is 4.47 Å². The highest BCUT2D eigenvalue weighted by Gasteiger charge is 2.38. The number of nitrogens with two attached hydrogens (primary N) is 1. The van der Waals surface area contributed by atoms with Crippen LogP contribution >= 0.6 is 15.9 Å². The fourth-order valence-corrected chi connectivity index (χ4v) is 4.22. The van der Waals surface area contributed by atoms with Crippen molar-refractivity contribution in [1.29, 1.82) is 0 Å². The number of rotatable bonds is 5. The van der Waals surface area contributed by atoms with Crippen LogP contribution in [0.1, 0.15) is 50.9 Å². The molecule has 0 amide bonds. The second kappa shape index (κ2) is 5.96. The van der Waals surface area contributed by atoms with Crippen molar-refractivity contribution in [3.63, 3.8) is 0 Å². The molecule has 1 heterocycles. The first kappa shape index (κ1) is 15.0. The molecule has 2 N–H and O–H groups in total. The third-order valence-corrected chi connectivity index (χ3v) is 5.78. The summed E-state index contributed by atoms with van der Waals surface area (Å²) in [6.45, 7) is 5.24. The third kappa shape index (κ3) is 2.89. The average molecular weight is 328 g/mol. The lowest BCUT2D eigenvalue weighted by atomic mass is 9.80. The summed E-state index contributed by atoms with van der Waals surface area (Å²) in [5.41, 5.74) is 8.90. The first-order valence-corrected chi connectivity index (χ1v) is 8.24. The molecule has 1 aliphatic carbocycles. The van der Waals surface area contributed by atoms with E-state index >= 15 is 0 Å². The van der Waals surface area contributed by atoms with Crippen molar-refractivity contribution in [2.45, 2.75) is 52.4 Å². The van der Waals surface area contributed by atoms with E-state index in [1.165, 1.54) is 35.8 Å². The summed E-state index contributed by atoms with van der Waals surface area (Å²) >= 11 is 3.73. The van der Waals surface area contributed by atoms with E-state index in [1.54, 1.807) is 0 Å². The molecule has 2 atom stereocenters. The van der Waals surface area contributed by atoms with Gasteiger partial charge in [-0.1, -0.05) is 20.3 Å². The largest absolute Gasteiger partial charge is 0.330 e. The summed E-state index contributed by atoms with van der Waals surface area (Å²) in [7, 11) is 2.05. The third-order valence-electron chi connectivity index (χ3n) is 4.86. The molecule has 2 unspecified atom stereocenters. The molecule has 0 aliphatic heterocycles. The Kier molecular flexibility index (Phi) is 4.72. The standard InChI is InChI=1S/C15H26BrN3/c1-4-11-6-7-15(8-11,10-17)9-13-14(16)12(5-2)18-19(13)3/h11H,4-10,17H2,1-3H3. The Morgan fingerprint density at radius 3 is 2.68 bits per heavy atom. The van der Waals surface area contributed by atoms with E-state index in [2.05, 4.69) is 41.9 Å². The second-order valence-corrected chi connectivity index (χ2v) is 6.88. The van der Waals surface area contributed by atoms with Gasteiger partial charge >= 0.3 is 0 Å². The molecular formula is C15H26BrN3. The number of hydrogen-bond acceptors (Lipinski definition) is 2. The molecule has 0 saturated heterocycles. The van der Waals surface area contributed by atoms with Crippen molar-refractivity contribution in [1.82, 2.24) is 9.78 Å². The minimum absolute atomic E-state index is 0.294.